The number of nitrogens with zero attached hydrogens (tertiary/aromatic N) is 7. The minimum absolute atomic E-state index is 0.0446. The summed E-state index contributed by atoms with van der Waals surface area (Å²) in [6.45, 7) is 14.9. The van der Waals surface area contributed by atoms with Gasteiger partial charge in [-0.15, -0.1) is 0 Å². The van der Waals surface area contributed by atoms with E-state index < -0.39 is 43.4 Å². The molecule has 6 aromatic rings. The number of piperidine rings is 1. The highest BCUT2D eigenvalue weighted by Crippen LogP contribution is 2.44. The number of amides is 4. The molecular formula is C68H80ClN11O10S. The van der Waals surface area contributed by atoms with E-state index in [2.05, 4.69) is 70.9 Å². The van der Waals surface area contributed by atoms with Gasteiger partial charge in [0.05, 0.1) is 34.7 Å². The van der Waals surface area contributed by atoms with E-state index in [0.717, 1.165) is 144 Å². The van der Waals surface area contributed by atoms with Gasteiger partial charge in [0.1, 0.15) is 34.6 Å². The molecule has 480 valence electrons. The molecule has 1 saturated carbocycles. The van der Waals surface area contributed by atoms with Crippen molar-refractivity contribution in [2.75, 3.05) is 88.8 Å². The first-order valence-corrected chi connectivity index (χ1v) is 33.9. The number of imide groups is 1. The number of nitro benzene ring substituents is 1. The number of aromatic nitrogens is 2. The Balaban J connectivity index is 0.603. The van der Waals surface area contributed by atoms with Gasteiger partial charge in [-0.05, 0) is 160 Å². The summed E-state index contributed by atoms with van der Waals surface area (Å²) in [5.74, 6) is -0.506. The number of H-pyrrole nitrogens is 1. The van der Waals surface area contributed by atoms with Gasteiger partial charge in [0.15, 0.2) is 0 Å². The summed E-state index contributed by atoms with van der Waals surface area (Å²) in [5.41, 5.74) is 6.83. The molecule has 3 saturated heterocycles. The Morgan fingerprint density at radius 3 is 2.40 bits per heavy atom. The zero-order valence-electron chi connectivity index (χ0n) is 51.7. The zero-order chi connectivity index (χ0) is 63.4. The van der Waals surface area contributed by atoms with Gasteiger partial charge in [0, 0.05) is 123 Å². The van der Waals surface area contributed by atoms with Gasteiger partial charge in [0.25, 0.3) is 27.5 Å². The van der Waals surface area contributed by atoms with Crippen molar-refractivity contribution in [2.45, 2.75) is 114 Å². The van der Waals surface area contributed by atoms with E-state index in [0.29, 0.717) is 61.4 Å². The van der Waals surface area contributed by atoms with Crippen LogP contribution < -0.4 is 29.7 Å². The first-order valence-electron chi connectivity index (χ1n) is 32.0. The van der Waals surface area contributed by atoms with E-state index in [9.17, 15) is 37.7 Å². The topological polar surface area (TPSA) is 245 Å². The fourth-order valence-corrected chi connectivity index (χ4v) is 15.1. The SMILES string of the molecule is CC1(C)CCC(CN2CCN(c3ccc(C(=O)NS(=O)(=O)c4ccc(NCC5CCC(N6CCN(CCCCCOc7cccc8c7CN(C7CCC(=O)NC7=O)C8=O)CC6)CC5)c([N+](=O)[O-])c4)c(Oc4cnc5[nH]ccc5c4)c3)CC2)=C(c2ccc(Cl)cc2)C1. The summed E-state index contributed by atoms with van der Waals surface area (Å²) in [6.07, 6.45) is 13.9. The number of hydrogen-bond acceptors (Lipinski definition) is 16. The van der Waals surface area contributed by atoms with Crippen molar-refractivity contribution in [3.8, 4) is 17.2 Å². The van der Waals surface area contributed by atoms with Crippen molar-refractivity contribution in [1.82, 2.24) is 39.6 Å². The van der Waals surface area contributed by atoms with Gasteiger partial charge in [-0.25, -0.2) is 18.1 Å². The number of anilines is 2. The number of rotatable bonds is 22. The number of benzene rings is 4. The van der Waals surface area contributed by atoms with Crippen molar-refractivity contribution >= 4 is 78.9 Å². The maximum Gasteiger partial charge on any atom is 0.293 e. The van der Waals surface area contributed by atoms with Crippen LogP contribution in [-0.4, -0.2) is 157 Å². The third-order valence-electron chi connectivity index (χ3n) is 19.3. The van der Waals surface area contributed by atoms with E-state index in [1.807, 2.05) is 24.3 Å². The van der Waals surface area contributed by atoms with E-state index in [1.54, 1.807) is 47.5 Å². The quantitative estimate of drug-likeness (QED) is 0.0214. The van der Waals surface area contributed by atoms with E-state index in [-0.39, 0.29) is 53.1 Å². The number of nitrogens with one attached hydrogen (secondary N) is 4. The Labute approximate surface area is 536 Å². The molecule has 6 aliphatic rings. The molecule has 4 amide bonds. The number of sulfonamides is 1. The number of pyridine rings is 1. The zero-order valence-corrected chi connectivity index (χ0v) is 53.3. The van der Waals surface area contributed by atoms with Crippen LogP contribution in [0, 0.1) is 21.4 Å². The Hall–Kier alpha value is -7.89. The van der Waals surface area contributed by atoms with E-state index in [4.69, 9.17) is 21.1 Å². The van der Waals surface area contributed by atoms with Crippen molar-refractivity contribution in [3.63, 3.8) is 0 Å². The number of unbranched alkanes of at least 4 members (excludes halogenated alkanes) is 2. The molecule has 6 heterocycles. The minimum Gasteiger partial charge on any atom is -0.493 e. The number of nitro groups is 1. The molecule has 1 unspecified atom stereocenters. The highest BCUT2D eigenvalue weighted by Gasteiger charge is 2.41. The second-order valence-corrected chi connectivity index (χ2v) is 28.1. The fraction of sp³-hybridized carbons (Fsp3) is 0.456. The average molecular weight is 1280 g/mol. The minimum atomic E-state index is -4.62. The van der Waals surface area contributed by atoms with Crippen LogP contribution in [0.2, 0.25) is 5.02 Å². The Morgan fingerprint density at radius 1 is 0.846 bits per heavy atom. The first kappa shape index (κ1) is 63.3. The third kappa shape index (κ3) is 14.9. The fourth-order valence-electron chi connectivity index (χ4n) is 14.0. The second kappa shape index (κ2) is 27.5. The number of carbonyl (C=O) groups excluding carboxylic acids is 4. The number of aromatic amines is 1. The number of ether oxygens (including phenoxy) is 2. The average Bonchev–Trinajstić information content (AvgIpc) is 1.77. The van der Waals surface area contributed by atoms with Crippen molar-refractivity contribution in [1.29, 1.82) is 0 Å². The predicted molar refractivity (Wildman–Crippen MR) is 349 cm³/mol. The molecule has 2 aliphatic carbocycles. The van der Waals surface area contributed by atoms with E-state index >= 15 is 0 Å². The third-order valence-corrected chi connectivity index (χ3v) is 20.9. The summed E-state index contributed by atoms with van der Waals surface area (Å²) >= 11 is 6.28. The second-order valence-electron chi connectivity index (χ2n) is 26.0. The lowest BCUT2D eigenvalue weighted by atomic mass is 9.72. The number of piperazine rings is 2. The Morgan fingerprint density at radius 2 is 1.63 bits per heavy atom. The van der Waals surface area contributed by atoms with Crippen LogP contribution in [0.15, 0.2) is 114 Å². The molecule has 4 N–H and O–H groups in total. The molecule has 4 aliphatic heterocycles. The van der Waals surface area contributed by atoms with Gasteiger partial charge in [0.2, 0.25) is 11.8 Å². The lowest BCUT2D eigenvalue weighted by molar-refractivity contribution is -0.384. The molecule has 91 heavy (non-hydrogen) atoms. The van der Waals surface area contributed by atoms with Crippen LogP contribution in [0.25, 0.3) is 16.6 Å². The molecule has 4 fully saturated rings. The Bertz CT molecular complexity index is 3850. The van der Waals surface area contributed by atoms with Crippen LogP contribution in [-0.2, 0) is 26.2 Å². The smallest absolute Gasteiger partial charge is 0.293 e. The number of carbonyl (C=O) groups is 4. The molecule has 2 aromatic heterocycles. The normalized spacial score (nSPS) is 21.0. The number of hydrogen-bond donors (Lipinski definition) is 4. The van der Waals surface area contributed by atoms with Crippen LogP contribution >= 0.6 is 11.6 Å². The van der Waals surface area contributed by atoms with Crippen LogP contribution in [0.4, 0.5) is 17.1 Å². The lowest BCUT2D eigenvalue weighted by Gasteiger charge is -2.42. The Kier molecular flexibility index (Phi) is 19.1. The molecule has 0 radical (unpaired) electrons. The van der Waals surface area contributed by atoms with Crippen LogP contribution in [0.1, 0.15) is 123 Å². The number of fused-ring (bicyclic) bond motifs is 2. The highest BCUT2D eigenvalue weighted by molar-refractivity contribution is 7.90. The molecule has 23 heteroatoms. The van der Waals surface area contributed by atoms with Gasteiger partial charge in [-0.3, -0.25) is 44.4 Å². The van der Waals surface area contributed by atoms with Crippen molar-refractivity contribution in [3.05, 3.63) is 146 Å². The van der Waals surface area contributed by atoms with Crippen molar-refractivity contribution in [2.24, 2.45) is 11.3 Å². The van der Waals surface area contributed by atoms with Crippen molar-refractivity contribution < 1.29 is 42.0 Å². The van der Waals surface area contributed by atoms with Crippen LogP contribution in [0.5, 0.6) is 17.2 Å². The predicted octanol–water partition coefficient (Wildman–Crippen LogP) is 10.4. The lowest BCUT2D eigenvalue weighted by Crippen LogP contribution is -2.52. The molecule has 4 aromatic carbocycles. The summed E-state index contributed by atoms with van der Waals surface area (Å²) < 4.78 is 42.8. The highest BCUT2D eigenvalue weighted by atomic mass is 35.5. The molecule has 0 spiro atoms. The molecule has 21 nitrogen and oxygen atoms in total. The number of halogens is 1. The summed E-state index contributed by atoms with van der Waals surface area (Å²) in [7, 11) is -4.62. The van der Waals surface area contributed by atoms with Gasteiger partial charge < -0.3 is 34.5 Å². The summed E-state index contributed by atoms with van der Waals surface area (Å²) in [5, 5.41) is 19.7. The largest absolute Gasteiger partial charge is 0.493 e. The monoisotopic (exact) mass is 1280 g/mol. The summed E-state index contributed by atoms with van der Waals surface area (Å²) in [6, 6.07) is 25.8. The molecule has 0 bridgehead atoms. The summed E-state index contributed by atoms with van der Waals surface area (Å²) in [4.78, 5) is 82.1. The standard InChI is InChI=1S/C68H80ClN11O10S/c1-68(2)25-23-48(56(40-68)46-11-13-49(69)14-12-46)43-76-30-34-78(35-31-76)51-17-19-55(62(38-51)90-52-37-47-24-26-70-64(47)72-42-52)65(82)74-91(87,88)53-18-20-58(60(39-53)80(85)86)71-41-45-9-15-50(16-10-45)77-32-28-75(29-33-77)27-4-3-5-36-89-61-8-6-7-54-57(61)44-79(67(54)84)59-21-22-63(81)73-66(59)83/h6-8,11-14,17-20,24,26,37-39,42,45,50,59,71H,3-5,9-10,15-16,21-23,25,27-36,40-41,43-44H2,1-2H3,(H,70,72)(H,74,82)(H,73,81,83). The van der Waals surface area contributed by atoms with E-state index in [1.165, 1.54) is 35.0 Å². The van der Waals surface area contributed by atoms with Crippen LogP contribution in [0.3, 0.4) is 0 Å². The maximum atomic E-state index is 14.2. The molecular weight excluding hydrogens is 1200 g/mol. The molecule has 1 atom stereocenters. The van der Waals surface area contributed by atoms with Gasteiger partial charge in [-0.1, -0.05) is 49.2 Å². The van der Waals surface area contributed by atoms with Gasteiger partial charge >= 0.3 is 0 Å². The first-order chi connectivity index (χ1) is 43.9. The van der Waals surface area contributed by atoms with Gasteiger partial charge in [-0.2, -0.15) is 0 Å². The molecule has 12 rings (SSSR count). The number of allylic oxidation sites excluding steroid dienone is 1. The maximum absolute atomic E-state index is 14.2.